The molecule has 0 saturated carbocycles. The Morgan fingerprint density at radius 3 is 2.70 bits per heavy atom. The number of nitrogens with one attached hydrogen (secondary N) is 1. The first kappa shape index (κ1) is 14.8. The monoisotopic (exact) mass is 291 g/mol. The summed E-state index contributed by atoms with van der Waals surface area (Å²) < 4.78 is 13.7. The predicted molar refractivity (Wildman–Crippen MR) is 80.7 cm³/mol. The standard InChI is InChI=1S/C15H18FN3S/c1-3-9-17-14-11(4-2)15(19-10-18-14)20-13-8-6-5-7-12(13)16/h5-8,10H,3-4,9H2,1-2H3,(H,17,18,19). The van der Waals surface area contributed by atoms with Crippen molar-refractivity contribution in [2.75, 3.05) is 11.9 Å². The molecule has 1 aromatic heterocycles. The average molecular weight is 291 g/mol. The summed E-state index contributed by atoms with van der Waals surface area (Å²) in [5.41, 5.74) is 1.04. The van der Waals surface area contributed by atoms with Gasteiger partial charge >= 0.3 is 0 Å². The SMILES string of the molecule is CCCNc1ncnc(Sc2ccccc2F)c1CC. The summed E-state index contributed by atoms with van der Waals surface area (Å²) in [6.45, 7) is 5.03. The largest absolute Gasteiger partial charge is 0.370 e. The Balaban J connectivity index is 2.29. The minimum atomic E-state index is -0.221. The van der Waals surface area contributed by atoms with Crippen LogP contribution in [0.4, 0.5) is 10.2 Å². The number of benzene rings is 1. The van der Waals surface area contributed by atoms with Gasteiger partial charge in [0.15, 0.2) is 0 Å². The Labute approximate surface area is 123 Å². The molecule has 0 fully saturated rings. The zero-order chi connectivity index (χ0) is 14.4. The van der Waals surface area contributed by atoms with Crippen LogP contribution in [0.2, 0.25) is 0 Å². The lowest BCUT2D eigenvalue weighted by Crippen LogP contribution is -2.07. The fourth-order valence-electron chi connectivity index (χ4n) is 1.83. The molecule has 2 rings (SSSR count). The second kappa shape index (κ2) is 7.24. The van der Waals surface area contributed by atoms with Crippen LogP contribution in [0.5, 0.6) is 0 Å². The van der Waals surface area contributed by atoms with E-state index in [1.165, 1.54) is 24.2 Å². The number of hydrogen-bond acceptors (Lipinski definition) is 4. The van der Waals surface area contributed by atoms with Gasteiger partial charge in [0, 0.05) is 17.0 Å². The van der Waals surface area contributed by atoms with Gasteiger partial charge in [0.1, 0.15) is 23.0 Å². The van der Waals surface area contributed by atoms with Crippen molar-refractivity contribution < 1.29 is 4.39 Å². The second-order valence-electron chi connectivity index (χ2n) is 4.32. The van der Waals surface area contributed by atoms with Gasteiger partial charge in [-0.25, -0.2) is 14.4 Å². The van der Waals surface area contributed by atoms with Gasteiger partial charge in [-0.3, -0.25) is 0 Å². The van der Waals surface area contributed by atoms with Crippen molar-refractivity contribution in [3.63, 3.8) is 0 Å². The molecule has 20 heavy (non-hydrogen) atoms. The first-order chi connectivity index (χ1) is 9.76. The van der Waals surface area contributed by atoms with Gasteiger partial charge in [-0.2, -0.15) is 0 Å². The third kappa shape index (κ3) is 3.48. The van der Waals surface area contributed by atoms with Crippen LogP contribution >= 0.6 is 11.8 Å². The van der Waals surface area contributed by atoms with E-state index >= 15 is 0 Å². The van der Waals surface area contributed by atoms with Crippen LogP contribution in [0.3, 0.4) is 0 Å². The maximum Gasteiger partial charge on any atom is 0.137 e. The van der Waals surface area contributed by atoms with Gasteiger partial charge in [0.05, 0.1) is 0 Å². The molecule has 0 saturated heterocycles. The van der Waals surface area contributed by atoms with Crippen LogP contribution in [-0.2, 0) is 6.42 Å². The molecule has 0 aliphatic rings. The molecule has 1 N–H and O–H groups in total. The lowest BCUT2D eigenvalue weighted by atomic mass is 10.2. The maximum atomic E-state index is 13.7. The van der Waals surface area contributed by atoms with E-state index in [2.05, 4.69) is 29.1 Å². The Bertz CT molecular complexity index is 575. The number of nitrogens with zero attached hydrogens (tertiary/aromatic N) is 2. The summed E-state index contributed by atoms with van der Waals surface area (Å²) >= 11 is 1.35. The molecule has 3 nitrogen and oxygen atoms in total. The van der Waals surface area contributed by atoms with E-state index in [1.807, 2.05) is 6.07 Å². The van der Waals surface area contributed by atoms with Gasteiger partial charge < -0.3 is 5.32 Å². The van der Waals surface area contributed by atoms with E-state index in [4.69, 9.17) is 0 Å². The van der Waals surface area contributed by atoms with Crippen molar-refractivity contribution in [1.29, 1.82) is 0 Å². The normalized spacial score (nSPS) is 10.6. The van der Waals surface area contributed by atoms with E-state index in [9.17, 15) is 4.39 Å². The molecule has 0 aliphatic carbocycles. The Morgan fingerprint density at radius 1 is 1.20 bits per heavy atom. The van der Waals surface area contributed by atoms with Gasteiger partial charge in [0.2, 0.25) is 0 Å². The number of halogens is 1. The Morgan fingerprint density at radius 2 is 2.00 bits per heavy atom. The smallest absolute Gasteiger partial charge is 0.137 e. The van der Waals surface area contributed by atoms with Crippen molar-refractivity contribution in [2.24, 2.45) is 0 Å². The molecule has 0 unspecified atom stereocenters. The van der Waals surface area contributed by atoms with Crippen LogP contribution in [0.25, 0.3) is 0 Å². The van der Waals surface area contributed by atoms with E-state index in [-0.39, 0.29) is 5.82 Å². The Kier molecular flexibility index (Phi) is 5.35. The number of rotatable bonds is 6. The molecule has 0 amide bonds. The van der Waals surface area contributed by atoms with E-state index in [0.717, 1.165) is 35.8 Å². The molecule has 0 atom stereocenters. The van der Waals surface area contributed by atoms with E-state index < -0.39 is 0 Å². The zero-order valence-corrected chi connectivity index (χ0v) is 12.5. The summed E-state index contributed by atoms with van der Waals surface area (Å²) in [5.74, 6) is 0.629. The number of aromatic nitrogens is 2. The topological polar surface area (TPSA) is 37.8 Å². The number of anilines is 1. The molecule has 1 heterocycles. The lowest BCUT2D eigenvalue weighted by Gasteiger charge is -2.12. The van der Waals surface area contributed by atoms with Crippen molar-refractivity contribution >= 4 is 17.6 Å². The summed E-state index contributed by atoms with van der Waals surface area (Å²) in [6.07, 6.45) is 3.37. The third-order valence-corrected chi connectivity index (χ3v) is 3.94. The summed E-state index contributed by atoms with van der Waals surface area (Å²) in [4.78, 5) is 9.17. The fraction of sp³-hybridized carbons (Fsp3) is 0.333. The minimum absolute atomic E-state index is 0.221. The minimum Gasteiger partial charge on any atom is -0.370 e. The van der Waals surface area contributed by atoms with Crippen LogP contribution < -0.4 is 5.32 Å². The van der Waals surface area contributed by atoms with Gasteiger partial charge in [-0.05, 0) is 25.0 Å². The quantitative estimate of drug-likeness (QED) is 0.811. The molecule has 106 valence electrons. The van der Waals surface area contributed by atoms with Crippen molar-refractivity contribution in [3.05, 3.63) is 42.0 Å². The zero-order valence-electron chi connectivity index (χ0n) is 11.7. The molecule has 0 aliphatic heterocycles. The molecule has 0 spiro atoms. The van der Waals surface area contributed by atoms with Crippen molar-refractivity contribution in [3.8, 4) is 0 Å². The molecule has 2 aromatic rings. The summed E-state index contributed by atoms with van der Waals surface area (Å²) in [7, 11) is 0. The van der Waals surface area contributed by atoms with Gasteiger partial charge in [-0.15, -0.1) is 0 Å². The van der Waals surface area contributed by atoms with Crippen molar-refractivity contribution in [1.82, 2.24) is 9.97 Å². The fourth-order valence-corrected chi connectivity index (χ4v) is 2.81. The van der Waals surface area contributed by atoms with Crippen LogP contribution in [0.1, 0.15) is 25.8 Å². The highest BCUT2D eigenvalue weighted by molar-refractivity contribution is 7.99. The van der Waals surface area contributed by atoms with Gasteiger partial charge in [-0.1, -0.05) is 37.7 Å². The summed E-state index contributed by atoms with van der Waals surface area (Å²) in [5, 5.41) is 4.11. The molecule has 5 heteroatoms. The molecule has 0 radical (unpaired) electrons. The summed E-state index contributed by atoms with van der Waals surface area (Å²) in [6, 6.07) is 6.74. The van der Waals surface area contributed by atoms with Crippen molar-refractivity contribution in [2.45, 2.75) is 36.6 Å². The third-order valence-electron chi connectivity index (χ3n) is 2.85. The first-order valence-electron chi connectivity index (χ1n) is 6.76. The Hall–Kier alpha value is -1.62. The van der Waals surface area contributed by atoms with Crippen LogP contribution in [-0.4, -0.2) is 16.5 Å². The molecule has 0 bridgehead atoms. The maximum absolute atomic E-state index is 13.7. The van der Waals surface area contributed by atoms with E-state index in [0.29, 0.717) is 4.90 Å². The average Bonchev–Trinajstić information content (AvgIpc) is 2.47. The molecular weight excluding hydrogens is 273 g/mol. The van der Waals surface area contributed by atoms with Crippen LogP contribution in [0.15, 0.2) is 40.5 Å². The highest BCUT2D eigenvalue weighted by Crippen LogP contribution is 2.32. The lowest BCUT2D eigenvalue weighted by molar-refractivity contribution is 0.602. The number of hydrogen-bond donors (Lipinski definition) is 1. The molecular formula is C15H18FN3S. The second-order valence-corrected chi connectivity index (χ2v) is 5.35. The predicted octanol–water partition coefficient (Wildman–Crippen LogP) is 4.15. The van der Waals surface area contributed by atoms with Gasteiger partial charge in [0.25, 0.3) is 0 Å². The molecule has 1 aromatic carbocycles. The van der Waals surface area contributed by atoms with E-state index in [1.54, 1.807) is 12.1 Å². The highest BCUT2D eigenvalue weighted by atomic mass is 32.2. The van der Waals surface area contributed by atoms with Crippen LogP contribution in [0, 0.1) is 5.82 Å². The highest BCUT2D eigenvalue weighted by Gasteiger charge is 2.12. The first-order valence-corrected chi connectivity index (χ1v) is 7.58.